The molecule has 0 bridgehead atoms. The van der Waals surface area contributed by atoms with Crippen molar-refractivity contribution >= 4 is 17.7 Å². The van der Waals surface area contributed by atoms with Gasteiger partial charge in [0, 0.05) is 24.7 Å². The first-order valence-corrected chi connectivity index (χ1v) is 10.6. The molecule has 2 rings (SSSR count). The molecule has 15 nitrogen and oxygen atoms in total. The van der Waals surface area contributed by atoms with Crippen molar-refractivity contribution in [1.82, 2.24) is 15.0 Å². The van der Waals surface area contributed by atoms with Gasteiger partial charge in [-0.3, -0.25) is 4.79 Å². The Labute approximate surface area is 199 Å². The predicted octanol–water partition coefficient (Wildman–Crippen LogP) is -0.0227. The number of nitro groups is 1. The number of nitrogens with one attached hydrogen (secondary N) is 2. The van der Waals surface area contributed by atoms with Crippen molar-refractivity contribution in [3.63, 3.8) is 0 Å². The first-order valence-electron chi connectivity index (χ1n) is 10.6. The van der Waals surface area contributed by atoms with Crippen molar-refractivity contribution in [2.45, 2.75) is 6.42 Å². The first-order chi connectivity index (χ1) is 16.9. The third kappa shape index (κ3) is 10.4. The lowest BCUT2D eigenvalue weighted by Gasteiger charge is -2.08. The highest BCUT2D eigenvalue weighted by atomic mass is 16.7. The molecule has 0 aliphatic rings. The SMILES string of the molecule is O=C(CCOCCOCCOCCOCCNC(=O)c1c[nH]c([N+](=O)[O-])c1)On1c(O)ccc1O. The number of nitrogens with zero attached hydrogens (tertiary/aromatic N) is 2. The molecule has 0 aromatic carbocycles. The Morgan fingerprint density at radius 3 is 2.03 bits per heavy atom. The van der Waals surface area contributed by atoms with Crippen molar-refractivity contribution in [1.29, 1.82) is 0 Å². The van der Waals surface area contributed by atoms with Crippen LogP contribution >= 0.6 is 0 Å². The fourth-order valence-electron chi connectivity index (χ4n) is 2.52. The van der Waals surface area contributed by atoms with E-state index in [4.69, 9.17) is 23.8 Å². The maximum absolute atomic E-state index is 11.8. The zero-order valence-electron chi connectivity index (χ0n) is 18.8. The second kappa shape index (κ2) is 15.3. The first kappa shape index (κ1) is 27.6. The minimum atomic E-state index is -0.683. The molecule has 0 atom stereocenters. The van der Waals surface area contributed by atoms with E-state index in [1.165, 1.54) is 18.3 Å². The lowest BCUT2D eigenvalue weighted by atomic mass is 10.3. The van der Waals surface area contributed by atoms with Crippen LogP contribution in [-0.2, 0) is 23.7 Å². The lowest BCUT2D eigenvalue weighted by Crippen LogP contribution is -2.27. The van der Waals surface area contributed by atoms with E-state index in [1.54, 1.807) is 0 Å². The average Bonchev–Trinajstić information content (AvgIpc) is 3.45. The molecule has 1 amide bonds. The molecule has 2 aromatic heterocycles. The van der Waals surface area contributed by atoms with Gasteiger partial charge in [-0.1, -0.05) is 0 Å². The molecule has 0 saturated carbocycles. The third-order valence-electron chi connectivity index (χ3n) is 4.22. The van der Waals surface area contributed by atoms with Gasteiger partial charge >= 0.3 is 11.8 Å². The van der Waals surface area contributed by atoms with Gasteiger partial charge in [0.25, 0.3) is 5.91 Å². The minimum Gasteiger partial charge on any atom is -0.492 e. The normalized spacial score (nSPS) is 10.9. The van der Waals surface area contributed by atoms with E-state index < -0.39 is 28.6 Å². The van der Waals surface area contributed by atoms with Gasteiger partial charge in [0.2, 0.25) is 11.8 Å². The van der Waals surface area contributed by atoms with Crippen molar-refractivity contribution < 1.29 is 48.5 Å². The van der Waals surface area contributed by atoms with Crippen LogP contribution in [0.5, 0.6) is 11.8 Å². The standard InChI is InChI=1S/C20H28N4O11/c25-17-1-2-18(26)23(17)35-19(27)3-5-31-7-9-33-11-12-34-10-8-32-6-4-21-20(28)15-13-16(22-14-15)24(29)30/h1-2,13-14,22,25-26H,3-12H2,(H,21,28). The molecule has 2 heterocycles. The molecule has 0 spiro atoms. The number of ether oxygens (including phenoxy) is 4. The van der Waals surface area contributed by atoms with Gasteiger partial charge in [-0.25, -0.2) is 9.78 Å². The largest absolute Gasteiger partial charge is 0.492 e. The smallest absolute Gasteiger partial charge is 0.335 e. The molecule has 0 radical (unpaired) electrons. The van der Waals surface area contributed by atoms with Crippen LogP contribution in [0.3, 0.4) is 0 Å². The number of aromatic amines is 1. The number of carbonyl (C=O) groups excluding carboxylic acids is 2. The number of carbonyl (C=O) groups is 2. The molecular weight excluding hydrogens is 472 g/mol. The Morgan fingerprint density at radius 2 is 1.49 bits per heavy atom. The van der Waals surface area contributed by atoms with Crippen LogP contribution in [0.2, 0.25) is 0 Å². The highest BCUT2D eigenvalue weighted by molar-refractivity contribution is 5.94. The molecule has 0 saturated heterocycles. The molecule has 0 aliphatic carbocycles. The summed E-state index contributed by atoms with van der Waals surface area (Å²) in [6.45, 7) is 2.52. The lowest BCUT2D eigenvalue weighted by molar-refractivity contribution is -0.389. The van der Waals surface area contributed by atoms with E-state index in [0.717, 1.165) is 6.07 Å². The Hall–Kier alpha value is -3.66. The van der Waals surface area contributed by atoms with E-state index >= 15 is 0 Å². The van der Waals surface area contributed by atoms with Gasteiger partial charge in [-0.2, -0.15) is 0 Å². The van der Waals surface area contributed by atoms with Gasteiger partial charge < -0.3 is 49.4 Å². The number of hydrogen-bond acceptors (Lipinski definition) is 11. The van der Waals surface area contributed by atoms with Crippen molar-refractivity contribution in [2.24, 2.45) is 0 Å². The van der Waals surface area contributed by atoms with Crippen LogP contribution in [0.15, 0.2) is 24.4 Å². The monoisotopic (exact) mass is 500 g/mol. The third-order valence-corrected chi connectivity index (χ3v) is 4.22. The molecular formula is C20H28N4O11. The van der Waals surface area contributed by atoms with E-state index in [2.05, 4.69) is 10.3 Å². The Balaban J connectivity index is 1.33. The van der Waals surface area contributed by atoms with Gasteiger partial charge in [0.05, 0.1) is 64.8 Å². The summed E-state index contributed by atoms with van der Waals surface area (Å²) in [5, 5.41) is 31.9. The summed E-state index contributed by atoms with van der Waals surface area (Å²) < 4.78 is 21.8. The fourth-order valence-corrected chi connectivity index (χ4v) is 2.52. The van der Waals surface area contributed by atoms with Crippen LogP contribution in [0.4, 0.5) is 5.82 Å². The molecule has 194 valence electrons. The van der Waals surface area contributed by atoms with Crippen LogP contribution in [0, 0.1) is 10.1 Å². The van der Waals surface area contributed by atoms with Crippen LogP contribution in [0.1, 0.15) is 16.8 Å². The Morgan fingerprint density at radius 1 is 0.943 bits per heavy atom. The zero-order valence-corrected chi connectivity index (χ0v) is 18.8. The number of hydrogen-bond donors (Lipinski definition) is 4. The number of amides is 1. The summed E-state index contributed by atoms with van der Waals surface area (Å²) in [6, 6.07) is 3.52. The Bertz CT molecular complexity index is 924. The van der Waals surface area contributed by atoms with Gasteiger partial charge in [-0.15, -0.1) is 4.73 Å². The van der Waals surface area contributed by atoms with E-state index in [1.807, 2.05) is 0 Å². The molecule has 4 N–H and O–H groups in total. The van der Waals surface area contributed by atoms with Gasteiger partial charge in [0.15, 0.2) is 0 Å². The van der Waals surface area contributed by atoms with Gasteiger partial charge in [0.1, 0.15) is 6.20 Å². The molecule has 0 unspecified atom stereocenters. The quantitative estimate of drug-likeness (QED) is 0.122. The summed E-state index contributed by atoms with van der Waals surface area (Å²) in [7, 11) is 0. The summed E-state index contributed by atoms with van der Waals surface area (Å²) in [5.41, 5.74) is 0.170. The summed E-state index contributed by atoms with van der Waals surface area (Å²) in [5.74, 6) is -2.17. The van der Waals surface area contributed by atoms with Crippen LogP contribution < -0.4 is 10.2 Å². The number of H-pyrrole nitrogens is 1. The average molecular weight is 500 g/mol. The van der Waals surface area contributed by atoms with Crippen LogP contribution in [0.25, 0.3) is 0 Å². The molecule has 15 heteroatoms. The summed E-state index contributed by atoms with van der Waals surface area (Å²) >= 11 is 0. The molecule has 0 aliphatic heterocycles. The maximum atomic E-state index is 11.8. The second-order valence-electron chi connectivity index (χ2n) is 6.79. The summed E-state index contributed by atoms with van der Waals surface area (Å²) in [4.78, 5) is 40.5. The van der Waals surface area contributed by atoms with E-state index in [-0.39, 0.29) is 44.2 Å². The molecule has 0 fully saturated rings. The second-order valence-corrected chi connectivity index (χ2v) is 6.79. The number of rotatable bonds is 18. The predicted molar refractivity (Wildman–Crippen MR) is 117 cm³/mol. The Kier molecular flexibility index (Phi) is 12.0. The highest BCUT2D eigenvalue weighted by Crippen LogP contribution is 2.18. The molecule has 2 aromatic rings. The number of aromatic hydroxyl groups is 2. The van der Waals surface area contributed by atoms with E-state index in [9.17, 15) is 29.9 Å². The maximum Gasteiger partial charge on any atom is 0.335 e. The molecule has 35 heavy (non-hydrogen) atoms. The minimum absolute atomic E-state index is 0.0709. The highest BCUT2D eigenvalue weighted by Gasteiger charge is 2.14. The topological polar surface area (TPSA) is 197 Å². The van der Waals surface area contributed by atoms with E-state index in [0.29, 0.717) is 37.8 Å². The summed E-state index contributed by atoms with van der Waals surface area (Å²) in [6.07, 6.45) is 1.19. The van der Waals surface area contributed by atoms with Crippen molar-refractivity contribution in [2.75, 3.05) is 59.4 Å². The van der Waals surface area contributed by atoms with Crippen molar-refractivity contribution in [3.05, 3.63) is 40.1 Å². The fraction of sp³-hybridized carbons (Fsp3) is 0.500. The van der Waals surface area contributed by atoms with Crippen LogP contribution in [-0.4, -0.2) is 96.1 Å². The van der Waals surface area contributed by atoms with Crippen molar-refractivity contribution in [3.8, 4) is 11.8 Å². The number of aromatic nitrogens is 2. The van der Waals surface area contributed by atoms with Gasteiger partial charge in [-0.05, 0) is 4.92 Å². The zero-order chi connectivity index (χ0) is 25.5.